The summed E-state index contributed by atoms with van der Waals surface area (Å²) in [7, 11) is 1.53. The second kappa shape index (κ2) is 7.88. The normalized spacial score (nSPS) is 18.2. The van der Waals surface area contributed by atoms with Crippen molar-refractivity contribution >= 4 is 23.2 Å². The number of ether oxygens (including phenoxy) is 1. The highest BCUT2D eigenvalue weighted by atomic mass is 32.1. The zero-order chi connectivity index (χ0) is 17.7. The Balaban J connectivity index is 1.76. The molecule has 0 radical (unpaired) electrons. The Morgan fingerprint density at radius 3 is 2.83 bits per heavy atom. The maximum absolute atomic E-state index is 12.4. The van der Waals surface area contributed by atoms with Gasteiger partial charge >= 0.3 is 6.18 Å². The lowest BCUT2D eigenvalue weighted by molar-refractivity contribution is -0.138. The van der Waals surface area contributed by atoms with Crippen LogP contribution in [-0.4, -0.2) is 60.3 Å². The zero-order valence-electron chi connectivity index (χ0n) is 12.9. The monoisotopic (exact) mass is 366 g/mol. The number of amides is 2. The van der Waals surface area contributed by atoms with E-state index < -0.39 is 17.1 Å². The van der Waals surface area contributed by atoms with Crippen LogP contribution in [0.5, 0.6) is 0 Å². The number of hydrogen-bond donors (Lipinski definition) is 1. The van der Waals surface area contributed by atoms with Gasteiger partial charge in [0.25, 0.3) is 0 Å². The van der Waals surface area contributed by atoms with Crippen molar-refractivity contribution in [3.05, 3.63) is 10.0 Å². The van der Waals surface area contributed by atoms with Crippen LogP contribution >= 0.6 is 11.3 Å². The lowest BCUT2D eigenvalue weighted by Gasteiger charge is -2.15. The van der Waals surface area contributed by atoms with Crippen LogP contribution in [0, 0.1) is 5.92 Å². The molecule has 2 rings (SSSR count). The van der Waals surface area contributed by atoms with Gasteiger partial charge in [0.05, 0.1) is 12.5 Å². The van der Waals surface area contributed by atoms with Crippen LogP contribution < -0.4 is 5.32 Å². The molecule has 1 N–H and O–H groups in total. The Hall–Kier alpha value is -1.75. The molecule has 24 heavy (non-hydrogen) atoms. The largest absolute Gasteiger partial charge is 0.445 e. The van der Waals surface area contributed by atoms with Crippen LogP contribution in [0.3, 0.4) is 0 Å². The van der Waals surface area contributed by atoms with E-state index in [0.29, 0.717) is 31.0 Å². The van der Waals surface area contributed by atoms with Crippen LogP contribution in [0.25, 0.3) is 0 Å². The summed E-state index contributed by atoms with van der Waals surface area (Å²) in [5.74, 6) is -0.843. The molecule has 1 fully saturated rings. The van der Waals surface area contributed by atoms with Gasteiger partial charge in [0.1, 0.15) is 5.01 Å². The molecule has 1 aromatic heterocycles. The number of carbonyl (C=O) groups is 2. The average molecular weight is 366 g/mol. The quantitative estimate of drug-likeness (QED) is 0.768. The average Bonchev–Trinajstić information content (AvgIpc) is 3.12. The second-order valence-corrected chi connectivity index (χ2v) is 6.34. The van der Waals surface area contributed by atoms with Crippen LogP contribution in [0.1, 0.15) is 16.4 Å². The first-order valence-electron chi connectivity index (χ1n) is 7.25. The van der Waals surface area contributed by atoms with E-state index in [0.717, 1.165) is 0 Å². The van der Waals surface area contributed by atoms with Gasteiger partial charge in [-0.1, -0.05) is 11.3 Å². The van der Waals surface area contributed by atoms with E-state index in [1.54, 1.807) is 4.90 Å². The lowest BCUT2D eigenvalue weighted by Crippen LogP contribution is -2.34. The number of likely N-dealkylation sites (tertiary alicyclic amines) is 1. The van der Waals surface area contributed by atoms with E-state index in [1.807, 2.05) is 0 Å². The van der Waals surface area contributed by atoms with Crippen LogP contribution in [0.15, 0.2) is 0 Å². The number of carbonyl (C=O) groups excluding carboxylic acids is 2. The lowest BCUT2D eigenvalue weighted by atomic mass is 10.1. The summed E-state index contributed by atoms with van der Waals surface area (Å²) >= 11 is 0.459. The molecular formula is C13H17F3N4O3S. The van der Waals surface area contributed by atoms with E-state index in [-0.39, 0.29) is 36.2 Å². The smallest absolute Gasteiger partial charge is 0.383 e. The molecule has 0 bridgehead atoms. The summed E-state index contributed by atoms with van der Waals surface area (Å²) in [5.41, 5.74) is 0. The number of nitrogens with zero attached hydrogens (tertiary/aromatic N) is 3. The molecule has 1 aliphatic rings. The number of methoxy groups -OCH3 is 1. The molecule has 134 valence electrons. The highest BCUT2D eigenvalue weighted by Gasteiger charge is 2.36. The third-order valence-electron chi connectivity index (χ3n) is 3.50. The number of aromatic nitrogens is 2. The number of halogens is 3. The van der Waals surface area contributed by atoms with Crippen molar-refractivity contribution in [2.75, 3.05) is 33.4 Å². The fraction of sp³-hybridized carbons (Fsp3) is 0.692. The van der Waals surface area contributed by atoms with Crippen LogP contribution in [0.4, 0.5) is 13.2 Å². The van der Waals surface area contributed by atoms with Crippen molar-refractivity contribution in [2.45, 2.75) is 19.0 Å². The standard InChI is InChI=1S/C13H17F3N4O3S/c1-23-5-4-20-7-8(6-10(20)21)11(22)17-3-2-9-18-19-12(24-9)13(14,15)16/h8H,2-7H2,1H3,(H,17,22)/t8-/m0/s1. The molecule has 0 aromatic carbocycles. The van der Waals surface area contributed by atoms with E-state index in [9.17, 15) is 22.8 Å². The highest BCUT2D eigenvalue weighted by Crippen LogP contribution is 2.31. The van der Waals surface area contributed by atoms with Crippen LogP contribution in [-0.2, 0) is 26.9 Å². The predicted molar refractivity (Wildman–Crippen MR) is 78.2 cm³/mol. The van der Waals surface area contributed by atoms with Crippen molar-refractivity contribution in [3.8, 4) is 0 Å². The fourth-order valence-electron chi connectivity index (χ4n) is 2.27. The molecule has 0 saturated carbocycles. The minimum absolute atomic E-state index is 0.105. The fourth-order valence-corrected chi connectivity index (χ4v) is 2.98. The van der Waals surface area contributed by atoms with Crippen molar-refractivity contribution < 1.29 is 27.5 Å². The molecule has 1 saturated heterocycles. The zero-order valence-corrected chi connectivity index (χ0v) is 13.7. The van der Waals surface area contributed by atoms with E-state index in [1.165, 1.54) is 7.11 Å². The minimum atomic E-state index is -4.50. The second-order valence-electron chi connectivity index (χ2n) is 5.27. The summed E-state index contributed by atoms with van der Waals surface area (Å²) in [5, 5.41) is 8.36. The first-order chi connectivity index (χ1) is 11.3. The summed E-state index contributed by atoms with van der Waals surface area (Å²) in [6.45, 7) is 1.31. The van der Waals surface area contributed by atoms with Gasteiger partial charge in [0.15, 0.2) is 0 Å². The number of alkyl halides is 3. The van der Waals surface area contributed by atoms with E-state index in [2.05, 4.69) is 15.5 Å². The summed E-state index contributed by atoms with van der Waals surface area (Å²) in [4.78, 5) is 25.3. The molecule has 7 nitrogen and oxygen atoms in total. The van der Waals surface area contributed by atoms with Crippen molar-refractivity contribution in [1.82, 2.24) is 20.4 Å². The molecule has 1 aromatic rings. The summed E-state index contributed by atoms with van der Waals surface area (Å²) in [6, 6.07) is 0. The number of hydrogen-bond acceptors (Lipinski definition) is 6. The third-order valence-corrected chi connectivity index (χ3v) is 4.53. The third kappa shape index (κ3) is 4.87. The van der Waals surface area contributed by atoms with Crippen molar-refractivity contribution in [1.29, 1.82) is 0 Å². The van der Waals surface area contributed by atoms with Gasteiger partial charge in [-0.15, -0.1) is 10.2 Å². The highest BCUT2D eigenvalue weighted by molar-refractivity contribution is 7.11. The predicted octanol–water partition coefficient (Wildman–Crippen LogP) is 0.710. The van der Waals surface area contributed by atoms with Crippen molar-refractivity contribution in [3.63, 3.8) is 0 Å². The summed E-state index contributed by atoms with van der Waals surface area (Å²) in [6.07, 6.45) is -4.21. The summed E-state index contributed by atoms with van der Waals surface area (Å²) < 4.78 is 42.1. The Kier molecular flexibility index (Phi) is 6.10. The number of rotatable bonds is 7. The van der Waals surface area contributed by atoms with Gasteiger partial charge in [-0.05, 0) is 0 Å². The van der Waals surface area contributed by atoms with Gasteiger partial charge in [0, 0.05) is 39.6 Å². The molecule has 0 spiro atoms. The van der Waals surface area contributed by atoms with E-state index in [4.69, 9.17) is 4.74 Å². The number of nitrogens with one attached hydrogen (secondary N) is 1. The van der Waals surface area contributed by atoms with Gasteiger partial charge in [0.2, 0.25) is 16.8 Å². The molecule has 0 unspecified atom stereocenters. The van der Waals surface area contributed by atoms with Gasteiger partial charge in [-0.2, -0.15) is 13.2 Å². The minimum Gasteiger partial charge on any atom is -0.383 e. The van der Waals surface area contributed by atoms with E-state index >= 15 is 0 Å². The van der Waals surface area contributed by atoms with Gasteiger partial charge in [-0.3, -0.25) is 9.59 Å². The molecule has 1 atom stereocenters. The molecule has 11 heteroatoms. The molecule has 0 aliphatic carbocycles. The SMILES string of the molecule is COCCN1C[C@@H](C(=O)NCCc2nnc(C(F)(F)F)s2)CC1=O. The maximum Gasteiger partial charge on any atom is 0.445 e. The molecule has 1 aliphatic heterocycles. The Morgan fingerprint density at radius 2 is 2.21 bits per heavy atom. The maximum atomic E-state index is 12.4. The van der Waals surface area contributed by atoms with Crippen molar-refractivity contribution in [2.24, 2.45) is 5.92 Å². The molecule has 2 amide bonds. The van der Waals surface area contributed by atoms with Gasteiger partial charge < -0.3 is 15.0 Å². The first kappa shape index (κ1) is 18.6. The Morgan fingerprint density at radius 1 is 1.46 bits per heavy atom. The molecular weight excluding hydrogens is 349 g/mol. The first-order valence-corrected chi connectivity index (χ1v) is 8.07. The molecule has 2 heterocycles. The van der Waals surface area contributed by atoms with Crippen LogP contribution in [0.2, 0.25) is 0 Å². The van der Waals surface area contributed by atoms with Gasteiger partial charge in [-0.25, -0.2) is 0 Å². The Labute approximate surface area is 140 Å². The topological polar surface area (TPSA) is 84.4 Å². The Bertz CT molecular complexity index is 593.